The number of nitrogens with zero attached hydrogens (tertiary/aromatic N) is 2. The normalized spacial score (nSPS) is 31.6. The predicted molar refractivity (Wildman–Crippen MR) is 147 cm³/mol. The van der Waals surface area contributed by atoms with Crippen LogP contribution in [0.5, 0.6) is 0 Å². The Labute approximate surface area is 231 Å². The molecule has 3 fully saturated rings. The number of carbonyl (C=O) groups excluding carboxylic acids is 3. The fraction of sp³-hybridized carbons (Fsp3) is 0.581. The maximum Gasteiger partial charge on any atom is 0.313 e. The Bertz CT molecular complexity index is 1090. The number of fused-ring (bicyclic) bond motifs is 1. The van der Waals surface area contributed by atoms with Crippen molar-refractivity contribution in [1.82, 2.24) is 9.80 Å². The second-order valence-electron chi connectivity index (χ2n) is 11.3. The maximum atomic E-state index is 14.4. The number of hydrogen-bond donors (Lipinski definition) is 1. The first-order chi connectivity index (χ1) is 18.7. The fourth-order valence-corrected chi connectivity index (χ4v) is 7.04. The Morgan fingerprint density at radius 2 is 2.00 bits per heavy atom. The van der Waals surface area contributed by atoms with Gasteiger partial charge in [0.15, 0.2) is 0 Å². The Hall–Kier alpha value is -2.97. The van der Waals surface area contributed by atoms with Gasteiger partial charge >= 0.3 is 5.97 Å². The number of aliphatic hydroxyl groups is 1. The zero-order chi connectivity index (χ0) is 28.4. The summed E-state index contributed by atoms with van der Waals surface area (Å²) in [7, 11) is 0. The standard InChI is InChI=1S/C31H42N2O6/c1-6-9-16-32(15-7-2)28(36)26-31-19-21(4)30(5,39-31)25(29(37)38-17-8-3)24(31)27(35)33(26)23(20-34)18-22-13-11-10-12-14-22/h7-8,10-14,21,23-26,34H,2-3,6,9,15-20H2,1,4-5H3/t21?,23-,24+,25+,26?,30-,31?/m1/s1. The number of rotatable bonds is 13. The van der Waals surface area contributed by atoms with Gasteiger partial charge in [0, 0.05) is 13.1 Å². The molecule has 1 aromatic carbocycles. The Kier molecular flexibility index (Phi) is 8.66. The molecule has 1 N–H and O–H groups in total. The van der Waals surface area contributed by atoms with Crippen molar-refractivity contribution in [3.8, 4) is 0 Å². The molecule has 8 nitrogen and oxygen atoms in total. The largest absolute Gasteiger partial charge is 0.461 e. The number of benzene rings is 1. The first-order valence-corrected chi connectivity index (χ1v) is 14.0. The molecule has 0 saturated carbocycles. The highest BCUT2D eigenvalue weighted by Crippen LogP contribution is 2.65. The van der Waals surface area contributed by atoms with E-state index < -0.39 is 41.1 Å². The summed E-state index contributed by atoms with van der Waals surface area (Å²) in [6.45, 7) is 13.9. The lowest BCUT2D eigenvalue weighted by Gasteiger charge is -2.39. The molecule has 39 heavy (non-hydrogen) atoms. The van der Waals surface area contributed by atoms with Crippen LogP contribution in [0.4, 0.5) is 0 Å². The second kappa shape index (κ2) is 11.6. The van der Waals surface area contributed by atoms with Crippen molar-refractivity contribution in [3.63, 3.8) is 0 Å². The molecule has 1 spiro atoms. The van der Waals surface area contributed by atoms with Crippen molar-refractivity contribution in [2.75, 3.05) is 26.3 Å². The molecule has 3 aliphatic rings. The Balaban J connectivity index is 1.82. The van der Waals surface area contributed by atoms with Crippen molar-refractivity contribution in [3.05, 3.63) is 61.2 Å². The van der Waals surface area contributed by atoms with Crippen LogP contribution in [0, 0.1) is 17.8 Å². The van der Waals surface area contributed by atoms with Crippen LogP contribution in [0.3, 0.4) is 0 Å². The molecular formula is C31H42N2O6. The molecule has 0 aliphatic carbocycles. The Morgan fingerprint density at radius 1 is 1.28 bits per heavy atom. The number of aliphatic hydroxyl groups excluding tert-OH is 1. The minimum atomic E-state index is -1.20. The van der Waals surface area contributed by atoms with Crippen LogP contribution >= 0.6 is 0 Å². The summed E-state index contributed by atoms with van der Waals surface area (Å²) in [5.41, 5.74) is -1.22. The lowest BCUT2D eigenvalue weighted by atomic mass is 9.62. The molecule has 212 valence electrons. The van der Waals surface area contributed by atoms with Gasteiger partial charge in [-0.05, 0) is 37.7 Å². The summed E-state index contributed by atoms with van der Waals surface area (Å²) in [5, 5.41) is 10.6. The summed E-state index contributed by atoms with van der Waals surface area (Å²) in [5.74, 6) is -2.94. The first-order valence-electron chi connectivity index (χ1n) is 14.0. The summed E-state index contributed by atoms with van der Waals surface area (Å²) >= 11 is 0. The zero-order valence-electron chi connectivity index (χ0n) is 23.4. The van der Waals surface area contributed by atoms with Gasteiger partial charge in [-0.15, -0.1) is 6.58 Å². The van der Waals surface area contributed by atoms with Crippen molar-refractivity contribution in [1.29, 1.82) is 0 Å². The van der Waals surface area contributed by atoms with Gasteiger partial charge in [0.25, 0.3) is 0 Å². The van der Waals surface area contributed by atoms with Gasteiger partial charge in [-0.25, -0.2) is 0 Å². The van der Waals surface area contributed by atoms with Crippen molar-refractivity contribution < 1.29 is 29.0 Å². The molecule has 2 bridgehead atoms. The van der Waals surface area contributed by atoms with Gasteiger partial charge in [0.05, 0.1) is 24.2 Å². The number of amides is 2. The maximum absolute atomic E-state index is 14.4. The quantitative estimate of drug-likeness (QED) is 0.306. The summed E-state index contributed by atoms with van der Waals surface area (Å²) in [6.07, 6.45) is 5.70. The third kappa shape index (κ3) is 4.82. The molecule has 2 amide bonds. The third-order valence-corrected chi connectivity index (χ3v) is 8.94. The van der Waals surface area contributed by atoms with Gasteiger partial charge in [-0.3, -0.25) is 14.4 Å². The molecule has 3 heterocycles. The zero-order valence-corrected chi connectivity index (χ0v) is 23.4. The second-order valence-corrected chi connectivity index (χ2v) is 11.3. The van der Waals surface area contributed by atoms with Crippen LogP contribution in [-0.4, -0.2) is 82.3 Å². The average Bonchev–Trinajstić information content (AvgIpc) is 3.45. The van der Waals surface area contributed by atoms with E-state index in [9.17, 15) is 19.5 Å². The lowest BCUT2D eigenvalue weighted by molar-refractivity contribution is -0.163. The van der Waals surface area contributed by atoms with Crippen LogP contribution in [-0.2, 0) is 30.3 Å². The van der Waals surface area contributed by atoms with Gasteiger partial charge in [0.2, 0.25) is 11.8 Å². The van der Waals surface area contributed by atoms with E-state index >= 15 is 0 Å². The van der Waals surface area contributed by atoms with Gasteiger partial charge in [0.1, 0.15) is 24.2 Å². The van der Waals surface area contributed by atoms with Crippen LogP contribution < -0.4 is 0 Å². The van der Waals surface area contributed by atoms with Crippen molar-refractivity contribution in [2.24, 2.45) is 17.8 Å². The molecule has 1 aromatic rings. The number of esters is 1. The molecule has 3 saturated heterocycles. The minimum Gasteiger partial charge on any atom is -0.461 e. The lowest BCUT2D eigenvalue weighted by Crippen LogP contribution is -2.59. The van der Waals surface area contributed by atoms with Crippen molar-refractivity contribution >= 4 is 17.8 Å². The fourth-order valence-electron chi connectivity index (χ4n) is 7.04. The Morgan fingerprint density at radius 3 is 2.62 bits per heavy atom. The predicted octanol–water partition coefficient (Wildman–Crippen LogP) is 3.14. The molecule has 3 unspecified atom stereocenters. The van der Waals surface area contributed by atoms with Gasteiger partial charge < -0.3 is 24.4 Å². The van der Waals surface area contributed by atoms with E-state index in [2.05, 4.69) is 20.1 Å². The molecule has 8 heteroatoms. The van der Waals surface area contributed by atoms with E-state index in [1.165, 1.54) is 11.0 Å². The van der Waals surface area contributed by atoms with Crippen LogP contribution in [0.25, 0.3) is 0 Å². The molecule has 0 radical (unpaired) electrons. The summed E-state index contributed by atoms with van der Waals surface area (Å²) in [6, 6.07) is 7.94. The number of hydrogen-bond acceptors (Lipinski definition) is 6. The molecule has 7 atom stereocenters. The molecular weight excluding hydrogens is 496 g/mol. The number of ether oxygens (including phenoxy) is 2. The van der Waals surface area contributed by atoms with E-state index in [0.717, 1.165) is 18.4 Å². The molecule has 0 aromatic heterocycles. The monoisotopic (exact) mass is 538 g/mol. The smallest absolute Gasteiger partial charge is 0.313 e. The number of unbranched alkanes of at least 4 members (excludes halogenated alkanes) is 1. The average molecular weight is 539 g/mol. The van der Waals surface area contributed by atoms with E-state index in [4.69, 9.17) is 9.47 Å². The summed E-state index contributed by atoms with van der Waals surface area (Å²) < 4.78 is 12.2. The van der Waals surface area contributed by atoms with E-state index in [-0.39, 0.29) is 30.9 Å². The molecule has 4 rings (SSSR count). The van der Waals surface area contributed by atoms with Crippen LogP contribution in [0.15, 0.2) is 55.6 Å². The van der Waals surface area contributed by atoms with E-state index in [1.54, 1.807) is 11.0 Å². The highest BCUT2D eigenvalue weighted by atomic mass is 16.6. The first kappa shape index (κ1) is 29.0. The summed E-state index contributed by atoms with van der Waals surface area (Å²) in [4.78, 5) is 45.6. The highest BCUT2D eigenvalue weighted by molar-refractivity contribution is 5.99. The van der Waals surface area contributed by atoms with Crippen LogP contribution in [0.1, 0.15) is 45.6 Å². The van der Waals surface area contributed by atoms with E-state index in [0.29, 0.717) is 25.9 Å². The topological polar surface area (TPSA) is 96.4 Å². The highest BCUT2D eigenvalue weighted by Gasteiger charge is 2.80. The van der Waals surface area contributed by atoms with Gasteiger partial charge in [-0.2, -0.15) is 0 Å². The van der Waals surface area contributed by atoms with Crippen LogP contribution in [0.2, 0.25) is 0 Å². The van der Waals surface area contributed by atoms with Crippen molar-refractivity contribution in [2.45, 2.75) is 69.7 Å². The van der Waals surface area contributed by atoms with E-state index in [1.807, 2.05) is 44.2 Å². The minimum absolute atomic E-state index is 0.0250. The third-order valence-electron chi connectivity index (χ3n) is 8.94. The molecule has 3 aliphatic heterocycles. The number of carbonyl (C=O) groups is 3. The van der Waals surface area contributed by atoms with Gasteiger partial charge in [-0.1, -0.05) is 69.3 Å². The number of likely N-dealkylation sites (tertiary alicyclic amines) is 1. The SMILES string of the molecule is C=CCOC(=O)[C@@H]1[C@H]2C(=O)N([C@@H](CO)Cc3ccccc3)C(C(=O)N(CC=C)CCCC)C23CC(C)[C@@]1(C)O3.